The van der Waals surface area contributed by atoms with Crippen molar-refractivity contribution in [1.29, 1.82) is 0 Å². The fourth-order valence-corrected chi connectivity index (χ4v) is 6.92. The van der Waals surface area contributed by atoms with E-state index in [2.05, 4.69) is 15.0 Å². The Morgan fingerprint density at radius 2 is 1.68 bits per heavy atom. The smallest absolute Gasteiger partial charge is 0.243 e. The highest BCUT2D eigenvalue weighted by atomic mass is 32.2. The number of benzene rings is 3. The summed E-state index contributed by atoms with van der Waals surface area (Å²) in [5.74, 6) is -0.918. The van der Waals surface area contributed by atoms with Gasteiger partial charge in [-0.1, -0.05) is 6.07 Å². The summed E-state index contributed by atoms with van der Waals surface area (Å²) in [7, 11) is -2.84. The number of aliphatic hydroxyl groups is 1. The summed E-state index contributed by atoms with van der Waals surface area (Å²) in [4.78, 5) is 19.4. The summed E-state index contributed by atoms with van der Waals surface area (Å²) >= 11 is 0. The first-order valence-corrected chi connectivity index (χ1v) is 16.3. The van der Waals surface area contributed by atoms with Crippen LogP contribution in [-0.2, 0) is 27.0 Å². The lowest BCUT2D eigenvalue weighted by atomic mass is 9.92. The number of hydrogen-bond donors (Lipinski definition) is 1. The van der Waals surface area contributed by atoms with Crippen molar-refractivity contribution < 1.29 is 36.6 Å². The molecule has 0 radical (unpaired) electrons. The summed E-state index contributed by atoms with van der Waals surface area (Å²) < 4.78 is 70.3. The van der Waals surface area contributed by atoms with E-state index in [1.807, 2.05) is 12.1 Å². The molecule has 47 heavy (non-hydrogen) atoms. The molecule has 3 aromatic carbocycles. The number of carbonyl (C=O) groups excluding carboxylic acids is 1. The molecule has 1 amide bonds. The number of amides is 1. The normalized spacial score (nSPS) is 15.0. The molecular formula is C32H36F2N6O6S. The molecule has 0 aliphatic carbocycles. The highest BCUT2D eigenvalue weighted by molar-refractivity contribution is 7.89. The molecule has 12 nitrogen and oxygen atoms in total. The second kappa shape index (κ2) is 14.4. The third kappa shape index (κ3) is 8.04. The van der Waals surface area contributed by atoms with Crippen molar-refractivity contribution in [2.45, 2.75) is 24.0 Å². The van der Waals surface area contributed by atoms with Gasteiger partial charge in [0, 0.05) is 63.5 Å². The molecule has 0 spiro atoms. The maximum atomic E-state index is 15.2. The van der Waals surface area contributed by atoms with Crippen LogP contribution in [0.3, 0.4) is 0 Å². The highest BCUT2D eigenvalue weighted by Crippen LogP contribution is 2.31. The molecule has 1 fully saturated rings. The number of piperazine rings is 1. The first-order valence-electron chi connectivity index (χ1n) is 14.9. The van der Waals surface area contributed by atoms with E-state index in [4.69, 9.17) is 9.47 Å². The van der Waals surface area contributed by atoms with E-state index in [0.717, 1.165) is 22.1 Å². The van der Waals surface area contributed by atoms with Crippen molar-refractivity contribution in [2.75, 3.05) is 57.9 Å². The van der Waals surface area contributed by atoms with Crippen molar-refractivity contribution in [3.05, 3.63) is 96.6 Å². The van der Waals surface area contributed by atoms with Gasteiger partial charge in [-0.25, -0.2) is 26.9 Å². The Kier molecular flexibility index (Phi) is 10.4. The van der Waals surface area contributed by atoms with Crippen molar-refractivity contribution in [2.24, 2.45) is 0 Å². The van der Waals surface area contributed by atoms with Crippen molar-refractivity contribution in [3.8, 4) is 11.5 Å². The van der Waals surface area contributed by atoms with E-state index in [-0.39, 0.29) is 36.1 Å². The summed E-state index contributed by atoms with van der Waals surface area (Å²) in [5.41, 5.74) is -1.55. The Labute approximate surface area is 271 Å². The minimum atomic E-state index is -4.29. The van der Waals surface area contributed by atoms with Crippen LogP contribution in [0.25, 0.3) is 0 Å². The van der Waals surface area contributed by atoms with E-state index in [1.54, 1.807) is 24.0 Å². The largest absolute Gasteiger partial charge is 0.497 e. The van der Waals surface area contributed by atoms with Crippen LogP contribution in [0.4, 0.5) is 14.5 Å². The third-order valence-corrected chi connectivity index (χ3v) is 9.85. The second-order valence-electron chi connectivity index (χ2n) is 11.1. The van der Waals surface area contributed by atoms with E-state index >= 15 is 4.39 Å². The van der Waals surface area contributed by atoms with Gasteiger partial charge < -0.3 is 24.4 Å². The average Bonchev–Trinajstić information content (AvgIpc) is 3.57. The molecule has 4 aromatic rings. The Bertz CT molecular complexity index is 1750. The maximum Gasteiger partial charge on any atom is 0.243 e. The fourth-order valence-electron chi connectivity index (χ4n) is 5.44. The van der Waals surface area contributed by atoms with Crippen LogP contribution in [0.1, 0.15) is 12.5 Å². The van der Waals surface area contributed by atoms with Gasteiger partial charge >= 0.3 is 0 Å². The number of carbonyl (C=O) groups is 1. The van der Waals surface area contributed by atoms with Crippen molar-refractivity contribution in [3.63, 3.8) is 0 Å². The van der Waals surface area contributed by atoms with Crippen LogP contribution in [0.2, 0.25) is 0 Å². The van der Waals surface area contributed by atoms with Gasteiger partial charge in [0.05, 0.1) is 18.6 Å². The Balaban J connectivity index is 1.37. The van der Waals surface area contributed by atoms with Crippen LogP contribution < -0.4 is 14.4 Å². The summed E-state index contributed by atoms with van der Waals surface area (Å²) in [5, 5.41) is 16.0. The number of nitrogens with zero attached hydrogens (tertiary/aromatic N) is 6. The van der Waals surface area contributed by atoms with Crippen LogP contribution in [0.15, 0.2) is 84.3 Å². The van der Waals surface area contributed by atoms with Gasteiger partial charge in [-0.3, -0.25) is 4.79 Å². The number of ether oxygens (including phenoxy) is 2. The van der Waals surface area contributed by atoms with Crippen molar-refractivity contribution >= 4 is 21.6 Å². The molecule has 15 heteroatoms. The van der Waals surface area contributed by atoms with Crippen LogP contribution in [0, 0.1) is 11.6 Å². The van der Waals surface area contributed by atoms with Gasteiger partial charge in [0.25, 0.3) is 0 Å². The second-order valence-corrected chi connectivity index (χ2v) is 13.0. The molecule has 1 aliphatic heterocycles. The van der Waals surface area contributed by atoms with Gasteiger partial charge in [0.15, 0.2) is 0 Å². The number of sulfonamides is 1. The van der Waals surface area contributed by atoms with E-state index in [0.29, 0.717) is 43.7 Å². The van der Waals surface area contributed by atoms with Crippen LogP contribution in [0.5, 0.6) is 11.5 Å². The number of rotatable bonds is 13. The molecule has 2 heterocycles. The van der Waals surface area contributed by atoms with Gasteiger partial charge in [-0.05, 0) is 54.6 Å². The van der Waals surface area contributed by atoms with Crippen molar-refractivity contribution in [1.82, 2.24) is 24.0 Å². The van der Waals surface area contributed by atoms with Gasteiger partial charge in [0.1, 0.15) is 48.0 Å². The summed E-state index contributed by atoms with van der Waals surface area (Å²) in [6, 6.07) is 15.7. The molecule has 250 valence electrons. The number of halogens is 2. The minimum Gasteiger partial charge on any atom is -0.497 e. The standard InChI is InChI=1S/C32H36F2N6O6S/c1-24(41)37-13-15-38(16-14-37)26-4-6-28(7-5-26)46-18-17-40(47(43,44)29-10-8-27(45-2)9-11-29)21-32(42,20-39-23-35-22-36-39)30-12-3-25(33)19-31(30)34/h3-12,19,22-23,42H,13-18,20-21H2,1-2H3. The van der Waals surface area contributed by atoms with E-state index < -0.39 is 33.8 Å². The Hall–Kier alpha value is -4.60. The zero-order valence-electron chi connectivity index (χ0n) is 26.0. The quantitative estimate of drug-likeness (QED) is 0.228. The first-order chi connectivity index (χ1) is 22.5. The third-order valence-electron chi connectivity index (χ3n) is 7.99. The monoisotopic (exact) mass is 670 g/mol. The fraction of sp³-hybridized carbons (Fsp3) is 0.344. The molecule has 1 unspecified atom stereocenters. The number of aromatic nitrogens is 3. The predicted octanol–water partition coefficient (Wildman–Crippen LogP) is 2.89. The zero-order valence-corrected chi connectivity index (χ0v) is 26.8. The van der Waals surface area contributed by atoms with Crippen LogP contribution in [-0.4, -0.2) is 96.4 Å². The first kappa shape index (κ1) is 33.8. The lowest BCUT2D eigenvalue weighted by Gasteiger charge is -2.35. The minimum absolute atomic E-state index is 0.0519. The maximum absolute atomic E-state index is 15.2. The van der Waals surface area contributed by atoms with Crippen LogP contribution >= 0.6 is 0 Å². The lowest BCUT2D eigenvalue weighted by molar-refractivity contribution is -0.129. The Morgan fingerprint density at radius 3 is 2.28 bits per heavy atom. The predicted molar refractivity (Wildman–Crippen MR) is 168 cm³/mol. The number of methoxy groups -OCH3 is 1. The van der Waals surface area contributed by atoms with Gasteiger partial charge in [0.2, 0.25) is 15.9 Å². The van der Waals surface area contributed by atoms with E-state index in [1.165, 1.54) is 48.7 Å². The highest BCUT2D eigenvalue weighted by Gasteiger charge is 2.39. The summed E-state index contributed by atoms with van der Waals surface area (Å²) in [6.07, 6.45) is 2.52. The molecule has 1 saturated heterocycles. The Morgan fingerprint density at radius 1 is 1.00 bits per heavy atom. The molecule has 0 bridgehead atoms. The molecule has 1 aromatic heterocycles. The molecule has 1 aliphatic rings. The summed E-state index contributed by atoms with van der Waals surface area (Å²) in [6.45, 7) is 2.88. The topological polar surface area (TPSA) is 130 Å². The van der Waals surface area contributed by atoms with Gasteiger partial charge in [-0.15, -0.1) is 0 Å². The molecule has 0 saturated carbocycles. The SMILES string of the molecule is COc1ccc(S(=O)(=O)N(CCOc2ccc(N3CCN(C(C)=O)CC3)cc2)CC(O)(Cn2cncn2)c2ccc(F)cc2F)cc1. The zero-order chi connectivity index (χ0) is 33.6. The lowest BCUT2D eigenvalue weighted by Crippen LogP contribution is -2.48. The van der Waals surface area contributed by atoms with Gasteiger partial charge in [-0.2, -0.15) is 9.40 Å². The molecule has 1 N–H and O–H groups in total. The molecular weight excluding hydrogens is 634 g/mol. The van der Waals surface area contributed by atoms with E-state index in [9.17, 15) is 22.7 Å². The molecule has 1 atom stereocenters. The number of hydrogen-bond acceptors (Lipinski definition) is 9. The number of anilines is 1. The molecule has 5 rings (SSSR count). The average molecular weight is 671 g/mol.